The van der Waals surface area contributed by atoms with Gasteiger partial charge >= 0.3 is 8.60 Å². The Kier molecular flexibility index (Phi) is 3.59. The summed E-state index contributed by atoms with van der Waals surface area (Å²) in [5, 5.41) is 9.75. The molecule has 0 spiro atoms. The SMILES string of the molecule is Oc1ccccc1-c1ccccc1OP(O)O. The lowest BCUT2D eigenvalue weighted by Gasteiger charge is -2.11. The Labute approximate surface area is 99.7 Å². The van der Waals surface area contributed by atoms with E-state index in [1.807, 2.05) is 0 Å². The molecular weight excluding hydrogens is 239 g/mol. The van der Waals surface area contributed by atoms with Crippen LogP contribution in [0.4, 0.5) is 0 Å². The van der Waals surface area contributed by atoms with Crippen molar-refractivity contribution in [1.82, 2.24) is 0 Å². The van der Waals surface area contributed by atoms with Crippen molar-refractivity contribution in [1.29, 1.82) is 0 Å². The molecule has 0 heterocycles. The van der Waals surface area contributed by atoms with Crippen molar-refractivity contribution in [2.24, 2.45) is 0 Å². The molecule has 4 nitrogen and oxygen atoms in total. The zero-order chi connectivity index (χ0) is 12.3. The van der Waals surface area contributed by atoms with Crippen LogP contribution in [-0.4, -0.2) is 14.9 Å². The van der Waals surface area contributed by atoms with Crippen LogP contribution < -0.4 is 4.52 Å². The molecule has 0 unspecified atom stereocenters. The van der Waals surface area contributed by atoms with Crippen molar-refractivity contribution in [2.75, 3.05) is 0 Å². The number of phenolic OH excluding ortho intramolecular Hbond substituents is 1. The van der Waals surface area contributed by atoms with Crippen LogP contribution in [0.3, 0.4) is 0 Å². The quantitative estimate of drug-likeness (QED) is 0.732. The van der Waals surface area contributed by atoms with E-state index in [4.69, 9.17) is 14.3 Å². The summed E-state index contributed by atoms with van der Waals surface area (Å²) in [6, 6.07) is 13.7. The van der Waals surface area contributed by atoms with E-state index >= 15 is 0 Å². The van der Waals surface area contributed by atoms with Crippen molar-refractivity contribution < 1.29 is 19.4 Å². The number of phenols is 1. The van der Waals surface area contributed by atoms with Gasteiger partial charge in [0.05, 0.1) is 0 Å². The third-order valence-corrected chi connectivity index (χ3v) is 2.62. The van der Waals surface area contributed by atoms with Crippen LogP contribution in [0.25, 0.3) is 11.1 Å². The zero-order valence-corrected chi connectivity index (χ0v) is 9.71. The minimum Gasteiger partial charge on any atom is -0.507 e. The van der Waals surface area contributed by atoms with Crippen molar-refractivity contribution in [3.05, 3.63) is 48.5 Å². The Morgan fingerprint density at radius 2 is 1.41 bits per heavy atom. The van der Waals surface area contributed by atoms with E-state index in [0.29, 0.717) is 16.9 Å². The van der Waals surface area contributed by atoms with E-state index in [1.165, 1.54) is 0 Å². The Morgan fingerprint density at radius 1 is 0.824 bits per heavy atom. The Bertz CT molecular complexity index is 513. The molecule has 0 radical (unpaired) electrons. The number of benzene rings is 2. The first-order valence-electron chi connectivity index (χ1n) is 4.92. The van der Waals surface area contributed by atoms with Crippen LogP contribution in [0.1, 0.15) is 0 Å². The van der Waals surface area contributed by atoms with Crippen LogP contribution >= 0.6 is 8.60 Å². The van der Waals surface area contributed by atoms with Gasteiger partial charge in [0.25, 0.3) is 0 Å². The van der Waals surface area contributed by atoms with E-state index in [1.54, 1.807) is 48.5 Å². The lowest BCUT2D eigenvalue weighted by atomic mass is 10.0. The van der Waals surface area contributed by atoms with Gasteiger partial charge in [-0.1, -0.05) is 36.4 Å². The molecule has 0 fully saturated rings. The molecule has 0 bridgehead atoms. The summed E-state index contributed by atoms with van der Waals surface area (Å²) in [4.78, 5) is 17.8. The fraction of sp³-hybridized carbons (Fsp3) is 0. The standard InChI is InChI=1S/C12H11O4P/c13-11-7-3-1-5-9(11)10-6-2-4-8-12(10)16-17(14)15/h1-8,13-15H. The molecule has 0 aromatic heterocycles. The highest BCUT2D eigenvalue weighted by molar-refractivity contribution is 7.39. The molecular formula is C12H11O4P. The summed E-state index contributed by atoms with van der Waals surface area (Å²) in [6.07, 6.45) is 0. The van der Waals surface area contributed by atoms with Gasteiger partial charge in [-0.05, 0) is 12.1 Å². The maximum absolute atomic E-state index is 9.75. The summed E-state index contributed by atoms with van der Waals surface area (Å²) in [5.41, 5.74) is 1.20. The van der Waals surface area contributed by atoms with E-state index in [2.05, 4.69) is 0 Å². The summed E-state index contributed by atoms with van der Waals surface area (Å²) in [5.74, 6) is 0.439. The highest BCUT2D eigenvalue weighted by Crippen LogP contribution is 2.39. The van der Waals surface area contributed by atoms with Crippen molar-refractivity contribution in [3.8, 4) is 22.6 Å². The van der Waals surface area contributed by atoms with Crippen LogP contribution in [0.2, 0.25) is 0 Å². The van der Waals surface area contributed by atoms with Crippen LogP contribution in [0.5, 0.6) is 11.5 Å². The maximum Gasteiger partial charge on any atom is 0.391 e. The molecule has 0 aliphatic heterocycles. The molecule has 2 rings (SSSR count). The van der Waals surface area contributed by atoms with E-state index in [9.17, 15) is 5.11 Å². The molecule has 3 N–H and O–H groups in total. The van der Waals surface area contributed by atoms with Gasteiger partial charge in [-0.25, -0.2) is 0 Å². The summed E-state index contributed by atoms with van der Waals surface area (Å²) >= 11 is 0. The van der Waals surface area contributed by atoms with Gasteiger partial charge in [-0.2, -0.15) is 0 Å². The van der Waals surface area contributed by atoms with Crippen molar-refractivity contribution >= 4 is 8.60 Å². The van der Waals surface area contributed by atoms with Crippen molar-refractivity contribution in [3.63, 3.8) is 0 Å². The molecule has 0 aliphatic rings. The van der Waals surface area contributed by atoms with Crippen molar-refractivity contribution in [2.45, 2.75) is 0 Å². The molecule has 0 saturated carbocycles. The Balaban J connectivity index is 2.48. The monoisotopic (exact) mass is 250 g/mol. The topological polar surface area (TPSA) is 69.9 Å². The second-order valence-corrected chi connectivity index (χ2v) is 4.05. The molecule has 2 aromatic rings. The normalized spacial score (nSPS) is 10.5. The van der Waals surface area contributed by atoms with Gasteiger partial charge < -0.3 is 19.4 Å². The summed E-state index contributed by atoms with van der Waals surface area (Å²) in [6.45, 7) is 0. The molecule has 88 valence electrons. The third-order valence-electron chi connectivity index (χ3n) is 2.26. The van der Waals surface area contributed by atoms with E-state index in [-0.39, 0.29) is 5.75 Å². The molecule has 0 atom stereocenters. The second kappa shape index (κ2) is 5.15. The van der Waals surface area contributed by atoms with Gasteiger partial charge in [-0.15, -0.1) is 0 Å². The Hall–Kier alpha value is -1.61. The van der Waals surface area contributed by atoms with Gasteiger partial charge in [-0.3, -0.25) is 0 Å². The lowest BCUT2D eigenvalue weighted by molar-refractivity contribution is 0.375. The number of hydrogen-bond donors (Lipinski definition) is 3. The van der Waals surface area contributed by atoms with E-state index < -0.39 is 8.60 Å². The minimum atomic E-state index is -2.47. The molecule has 5 heteroatoms. The predicted molar refractivity (Wildman–Crippen MR) is 65.5 cm³/mol. The van der Waals surface area contributed by atoms with Gasteiger partial charge in [0.2, 0.25) is 0 Å². The van der Waals surface area contributed by atoms with Gasteiger partial charge in [0.15, 0.2) is 0 Å². The number of aromatic hydroxyl groups is 1. The molecule has 0 aliphatic carbocycles. The largest absolute Gasteiger partial charge is 0.507 e. The first-order valence-corrected chi connectivity index (χ1v) is 6.08. The van der Waals surface area contributed by atoms with Gasteiger partial charge in [0.1, 0.15) is 11.5 Å². The smallest absolute Gasteiger partial charge is 0.391 e. The minimum absolute atomic E-state index is 0.115. The first kappa shape index (κ1) is 11.9. The van der Waals surface area contributed by atoms with E-state index in [0.717, 1.165) is 0 Å². The predicted octanol–water partition coefficient (Wildman–Crippen LogP) is 2.65. The summed E-state index contributed by atoms with van der Waals surface area (Å²) < 4.78 is 4.92. The molecule has 0 amide bonds. The number of rotatable bonds is 3. The Morgan fingerprint density at radius 3 is 2.06 bits per heavy atom. The highest BCUT2D eigenvalue weighted by Gasteiger charge is 2.12. The molecule has 17 heavy (non-hydrogen) atoms. The molecule has 0 saturated heterocycles. The van der Waals surface area contributed by atoms with Crippen LogP contribution in [-0.2, 0) is 0 Å². The average Bonchev–Trinajstić information content (AvgIpc) is 2.30. The second-order valence-electron chi connectivity index (χ2n) is 3.36. The fourth-order valence-corrected chi connectivity index (χ4v) is 1.89. The maximum atomic E-state index is 9.75. The average molecular weight is 250 g/mol. The highest BCUT2D eigenvalue weighted by atomic mass is 31.2. The summed E-state index contributed by atoms with van der Waals surface area (Å²) in [7, 11) is -2.47. The fourth-order valence-electron chi connectivity index (χ4n) is 1.56. The number of para-hydroxylation sites is 2. The third kappa shape index (κ3) is 2.74. The first-order chi connectivity index (χ1) is 8.18. The molecule has 2 aromatic carbocycles. The van der Waals surface area contributed by atoms with Crippen LogP contribution in [0.15, 0.2) is 48.5 Å². The van der Waals surface area contributed by atoms with Crippen LogP contribution in [0, 0.1) is 0 Å². The lowest BCUT2D eigenvalue weighted by Crippen LogP contribution is -1.89. The zero-order valence-electron chi connectivity index (χ0n) is 8.82. The number of hydrogen-bond acceptors (Lipinski definition) is 4. The van der Waals surface area contributed by atoms with Gasteiger partial charge in [0, 0.05) is 11.1 Å².